The van der Waals surface area contributed by atoms with Gasteiger partial charge in [0.2, 0.25) is 0 Å². The number of carbonyl (C=O) groups excluding carboxylic acids is 2. The minimum absolute atomic E-state index is 0.175. The van der Waals surface area contributed by atoms with E-state index in [1.54, 1.807) is 12.1 Å². The Labute approximate surface area is 197 Å². The molecule has 0 saturated carbocycles. The molecule has 0 saturated heterocycles. The number of urea groups is 1. The van der Waals surface area contributed by atoms with Gasteiger partial charge < -0.3 is 20.1 Å². The second kappa shape index (κ2) is 9.79. The predicted octanol–water partition coefficient (Wildman–Crippen LogP) is 5.28. The van der Waals surface area contributed by atoms with Gasteiger partial charge in [-0.25, -0.2) is 4.79 Å². The van der Waals surface area contributed by atoms with Gasteiger partial charge >= 0.3 is 6.03 Å². The van der Waals surface area contributed by atoms with Crippen molar-refractivity contribution in [1.82, 2.24) is 10.6 Å². The number of methoxy groups -OCH3 is 1. The number of nitrogens with one attached hydrogen (secondary N) is 2. The number of hydrogen-bond acceptors (Lipinski definition) is 4. The minimum atomic E-state index is -0.707. The molecule has 2 amide bonds. The number of carbonyl (C=O) groups is 2. The van der Waals surface area contributed by atoms with Gasteiger partial charge in [-0.3, -0.25) is 4.79 Å². The second-order valence-electron chi connectivity index (χ2n) is 7.55. The monoisotopic (exact) mass is 462 g/mol. The van der Waals surface area contributed by atoms with Gasteiger partial charge in [-0.15, -0.1) is 0 Å². The molecule has 0 fully saturated rings. The number of Topliss-reactive ketones (excluding diaryl/α,β-unsaturated/α-hetero) is 1. The van der Waals surface area contributed by atoms with Crippen LogP contribution in [-0.2, 0) is 11.4 Å². The number of rotatable bonds is 7. The predicted molar refractivity (Wildman–Crippen MR) is 127 cm³/mol. The summed E-state index contributed by atoms with van der Waals surface area (Å²) >= 11 is 6.58. The average Bonchev–Trinajstić information content (AvgIpc) is 2.83. The van der Waals surface area contributed by atoms with Crippen molar-refractivity contribution in [3.8, 4) is 11.5 Å². The molecule has 4 rings (SSSR count). The molecule has 3 aromatic carbocycles. The molecular formula is C26H23ClN2O4. The van der Waals surface area contributed by atoms with E-state index in [2.05, 4.69) is 10.6 Å². The molecule has 3 aromatic rings. The second-order valence-corrected chi connectivity index (χ2v) is 7.96. The van der Waals surface area contributed by atoms with Gasteiger partial charge in [0.05, 0.1) is 23.9 Å². The molecule has 33 heavy (non-hydrogen) atoms. The maximum atomic E-state index is 12.7. The van der Waals surface area contributed by atoms with E-state index < -0.39 is 12.1 Å². The van der Waals surface area contributed by atoms with Gasteiger partial charge in [0.25, 0.3) is 0 Å². The van der Waals surface area contributed by atoms with E-state index >= 15 is 0 Å². The van der Waals surface area contributed by atoms with Gasteiger partial charge in [-0.2, -0.15) is 0 Å². The number of ether oxygens (including phenoxy) is 2. The highest BCUT2D eigenvalue weighted by molar-refractivity contribution is 6.32. The van der Waals surface area contributed by atoms with Crippen LogP contribution in [0.4, 0.5) is 4.79 Å². The Kier molecular flexibility index (Phi) is 6.66. The van der Waals surface area contributed by atoms with Crippen LogP contribution in [0.5, 0.6) is 11.5 Å². The molecule has 0 spiro atoms. The fourth-order valence-electron chi connectivity index (χ4n) is 3.80. The molecular weight excluding hydrogens is 440 g/mol. The topological polar surface area (TPSA) is 76.7 Å². The molecule has 2 N–H and O–H groups in total. The molecule has 0 aliphatic carbocycles. The first kappa shape index (κ1) is 22.4. The van der Waals surface area contributed by atoms with Crippen LogP contribution in [0.25, 0.3) is 5.70 Å². The lowest BCUT2D eigenvalue weighted by Gasteiger charge is -2.30. The molecule has 7 heteroatoms. The SMILES string of the molecule is COc1cc(C2NC(=O)NC(c3ccccc3)=C2C(C)=O)cc(Cl)c1OCc1ccccc1. The van der Waals surface area contributed by atoms with Crippen molar-refractivity contribution >= 4 is 29.1 Å². The van der Waals surface area contributed by atoms with Gasteiger partial charge in [0, 0.05) is 5.57 Å². The molecule has 1 aliphatic heterocycles. The van der Waals surface area contributed by atoms with Crippen LogP contribution in [0.3, 0.4) is 0 Å². The molecule has 6 nitrogen and oxygen atoms in total. The van der Waals surface area contributed by atoms with Crippen molar-refractivity contribution in [3.63, 3.8) is 0 Å². The normalized spacial score (nSPS) is 15.5. The van der Waals surface area contributed by atoms with Gasteiger partial charge in [-0.05, 0) is 35.7 Å². The van der Waals surface area contributed by atoms with Crippen LogP contribution in [0.15, 0.2) is 78.4 Å². The maximum Gasteiger partial charge on any atom is 0.320 e. The fraction of sp³-hybridized carbons (Fsp3) is 0.154. The Morgan fingerprint density at radius 2 is 1.70 bits per heavy atom. The third-order valence-electron chi connectivity index (χ3n) is 5.32. The summed E-state index contributed by atoms with van der Waals surface area (Å²) in [6.45, 7) is 1.79. The summed E-state index contributed by atoms with van der Waals surface area (Å²) in [5.74, 6) is 0.625. The fourth-order valence-corrected chi connectivity index (χ4v) is 4.08. The first-order valence-corrected chi connectivity index (χ1v) is 10.8. The van der Waals surface area contributed by atoms with E-state index in [4.69, 9.17) is 21.1 Å². The van der Waals surface area contributed by atoms with E-state index in [1.165, 1.54) is 14.0 Å². The van der Waals surface area contributed by atoms with Crippen LogP contribution in [0, 0.1) is 0 Å². The number of halogens is 1. The summed E-state index contributed by atoms with van der Waals surface area (Å²) in [6, 6.07) is 21.3. The number of ketones is 1. The summed E-state index contributed by atoms with van der Waals surface area (Å²) in [4.78, 5) is 25.2. The van der Waals surface area contributed by atoms with Crippen LogP contribution in [0.2, 0.25) is 5.02 Å². The highest BCUT2D eigenvalue weighted by Crippen LogP contribution is 2.41. The molecule has 168 valence electrons. The Hall–Kier alpha value is -3.77. The zero-order chi connectivity index (χ0) is 23.4. The van der Waals surface area contributed by atoms with Gasteiger partial charge in [0.1, 0.15) is 6.61 Å². The molecule has 0 bridgehead atoms. The molecule has 1 atom stereocenters. The van der Waals surface area contributed by atoms with E-state index in [-0.39, 0.29) is 5.78 Å². The molecule has 1 heterocycles. The van der Waals surface area contributed by atoms with Gasteiger partial charge in [0.15, 0.2) is 17.3 Å². The lowest BCUT2D eigenvalue weighted by atomic mass is 9.90. The molecule has 0 radical (unpaired) electrons. The third kappa shape index (κ3) is 4.86. The lowest BCUT2D eigenvalue weighted by molar-refractivity contribution is -0.113. The van der Waals surface area contributed by atoms with E-state index in [0.717, 1.165) is 11.1 Å². The smallest absolute Gasteiger partial charge is 0.320 e. The first-order valence-electron chi connectivity index (χ1n) is 10.4. The Bertz CT molecular complexity index is 1210. The van der Waals surface area contributed by atoms with Crippen molar-refractivity contribution in [2.45, 2.75) is 19.6 Å². The summed E-state index contributed by atoms with van der Waals surface area (Å²) in [7, 11) is 1.52. The first-order chi connectivity index (χ1) is 16.0. The number of benzene rings is 3. The zero-order valence-electron chi connectivity index (χ0n) is 18.2. The quantitative estimate of drug-likeness (QED) is 0.500. The average molecular weight is 463 g/mol. The van der Waals surface area contributed by atoms with Gasteiger partial charge in [-0.1, -0.05) is 72.3 Å². The summed E-state index contributed by atoms with van der Waals surface area (Å²) < 4.78 is 11.5. The van der Waals surface area contributed by atoms with Crippen LogP contribution < -0.4 is 20.1 Å². The summed E-state index contributed by atoms with van der Waals surface area (Å²) in [6.07, 6.45) is 0. The Morgan fingerprint density at radius 1 is 1.03 bits per heavy atom. The highest BCUT2D eigenvalue weighted by Gasteiger charge is 2.32. The highest BCUT2D eigenvalue weighted by atomic mass is 35.5. The standard InChI is InChI=1S/C26H23ClN2O4/c1-16(30)22-23(18-11-7-4-8-12-18)28-26(31)29-24(22)19-13-20(27)25(21(14-19)32-2)33-15-17-9-5-3-6-10-17/h3-14,24H,15H2,1-2H3,(H2,28,29,31). The van der Waals surface area contributed by atoms with E-state index in [1.807, 2.05) is 60.7 Å². The van der Waals surface area contributed by atoms with Crippen LogP contribution >= 0.6 is 11.6 Å². The van der Waals surface area contributed by atoms with Crippen LogP contribution in [0.1, 0.15) is 29.7 Å². The van der Waals surface area contributed by atoms with Crippen molar-refractivity contribution in [1.29, 1.82) is 0 Å². The van der Waals surface area contributed by atoms with Crippen molar-refractivity contribution < 1.29 is 19.1 Å². The Balaban J connectivity index is 1.74. The minimum Gasteiger partial charge on any atom is -0.493 e. The lowest BCUT2D eigenvalue weighted by Crippen LogP contribution is -2.44. The largest absolute Gasteiger partial charge is 0.493 e. The summed E-state index contributed by atoms with van der Waals surface area (Å²) in [5, 5.41) is 5.93. The number of hydrogen-bond donors (Lipinski definition) is 2. The van der Waals surface area contributed by atoms with Crippen molar-refractivity contribution in [2.24, 2.45) is 0 Å². The number of amides is 2. The van der Waals surface area contributed by atoms with E-state index in [9.17, 15) is 9.59 Å². The van der Waals surface area contributed by atoms with Crippen molar-refractivity contribution in [2.75, 3.05) is 7.11 Å². The van der Waals surface area contributed by atoms with Crippen molar-refractivity contribution in [3.05, 3.63) is 100 Å². The summed E-state index contributed by atoms with van der Waals surface area (Å²) in [5.41, 5.74) is 3.23. The molecule has 0 aromatic heterocycles. The maximum absolute atomic E-state index is 12.7. The van der Waals surface area contributed by atoms with Crippen LogP contribution in [-0.4, -0.2) is 18.9 Å². The Morgan fingerprint density at radius 3 is 2.33 bits per heavy atom. The molecule has 1 unspecified atom stereocenters. The van der Waals surface area contributed by atoms with E-state index in [0.29, 0.717) is 40.0 Å². The zero-order valence-corrected chi connectivity index (χ0v) is 19.0. The third-order valence-corrected chi connectivity index (χ3v) is 5.61. The molecule has 1 aliphatic rings.